The second-order valence-electron chi connectivity index (χ2n) is 7.29. The minimum atomic E-state index is -0.241. The van der Waals surface area contributed by atoms with Gasteiger partial charge in [0, 0.05) is 12.7 Å². The second kappa shape index (κ2) is 6.12. The minimum Gasteiger partial charge on any atom is -0.458 e. The van der Waals surface area contributed by atoms with Crippen molar-refractivity contribution in [1.29, 1.82) is 0 Å². The number of aryl methyl sites for hydroxylation is 1. The van der Waals surface area contributed by atoms with Crippen molar-refractivity contribution in [2.24, 2.45) is 11.3 Å². The van der Waals surface area contributed by atoms with E-state index in [1.165, 1.54) is 6.42 Å². The lowest BCUT2D eigenvalue weighted by molar-refractivity contribution is -0.00805. The molecule has 0 amide bonds. The van der Waals surface area contributed by atoms with E-state index in [0.717, 1.165) is 25.8 Å². The number of anilines is 1. The topological polar surface area (TPSA) is 57.2 Å². The largest absolute Gasteiger partial charge is 0.458 e. The number of nitrogen functional groups attached to an aromatic ring is 1. The summed E-state index contributed by atoms with van der Waals surface area (Å²) in [6.45, 7) is 9.60. The van der Waals surface area contributed by atoms with Gasteiger partial charge in [-0.25, -0.2) is 4.79 Å². The van der Waals surface area contributed by atoms with E-state index in [1.54, 1.807) is 6.07 Å². The summed E-state index contributed by atoms with van der Waals surface area (Å²) >= 11 is 0. The van der Waals surface area contributed by atoms with Crippen LogP contribution in [0.15, 0.2) is 12.3 Å². The van der Waals surface area contributed by atoms with E-state index >= 15 is 0 Å². The van der Waals surface area contributed by atoms with Crippen molar-refractivity contribution in [2.45, 2.75) is 66.0 Å². The minimum absolute atomic E-state index is 0.0162. The van der Waals surface area contributed by atoms with E-state index in [4.69, 9.17) is 10.5 Å². The number of hydrogen-bond donors (Lipinski definition) is 1. The van der Waals surface area contributed by atoms with Gasteiger partial charge in [-0.05, 0) is 43.1 Å². The Morgan fingerprint density at radius 1 is 1.48 bits per heavy atom. The number of rotatable bonds is 4. The van der Waals surface area contributed by atoms with Crippen molar-refractivity contribution in [3.63, 3.8) is 0 Å². The molecule has 0 spiro atoms. The molecule has 0 aromatic carbocycles. The van der Waals surface area contributed by atoms with Gasteiger partial charge in [-0.1, -0.05) is 27.7 Å². The zero-order valence-corrected chi connectivity index (χ0v) is 13.7. The van der Waals surface area contributed by atoms with Crippen LogP contribution in [0.1, 0.15) is 63.9 Å². The van der Waals surface area contributed by atoms with Crippen LogP contribution < -0.4 is 5.73 Å². The molecule has 1 saturated carbocycles. The first-order valence-electron chi connectivity index (χ1n) is 7.97. The number of carbonyl (C=O) groups excluding carboxylic acids is 1. The summed E-state index contributed by atoms with van der Waals surface area (Å²) in [5.41, 5.74) is 7.25. The smallest absolute Gasteiger partial charge is 0.355 e. The maximum atomic E-state index is 12.4. The van der Waals surface area contributed by atoms with E-state index in [-0.39, 0.29) is 17.5 Å². The lowest BCUT2D eigenvalue weighted by Crippen LogP contribution is -2.34. The van der Waals surface area contributed by atoms with Crippen molar-refractivity contribution in [1.82, 2.24) is 4.57 Å². The Balaban J connectivity index is 2.07. The van der Waals surface area contributed by atoms with Crippen molar-refractivity contribution in [2.75, 3.05) is 5.73 Å². The number of carbonyl (C=O) groups is 1. The molecule has 2 atom stereocenters. The molecule has 1 aliphatic carbocycles. The van der Waals surface area contributed by atoms with Crippen molar-refractivity contribution < 1.29 is 9.53 Å². The molecule has 0 radical (unpaired) electrons. The van der Waals surface area contributed by atoms with Crippen LogP contribution in [0.25, 0.3) is 0 Å². The second-order valence-corrected chi connectivity index (χ2v) is 7.29. The third-order valence-electron chi connectivity index (χ3n) is 4.21. The van der Waals surface area contributed by atoms with Gasteiger partial charge in [0.25, 0.3) is 0 Å². The zero-order valence-electron chi connectivity index (χ0n) is 13.7. The van der Waals surface area contributed by atoms with Crippen LogP contribution in [0.5, 0.6) is 0 Å². The Kier molecular flexibility index (Phi) is 4.64. The molecule has 0 aliphatic heterocycles. The highest BCUT2D eigenvalue weighted by Crippen LogP contribution is 2.39. The van der Waals surface area contributed by atoms with Gasteiger partial charge in [0.15, 0.2) is 0 Å². The van der Waals surface area contributed by atoms with Crippen LogP contribution in [0, 0.1) is 11.3 Å². The van der Waals surface area contributed by atoms with E-state index < -0.39 is 0 Å². The van der Waals surface area contributed by atoms with Crippen molar-refractivity contribution >= 4 is 11.7 Å². The summed E-state index contributed by atoms with van der Waals surface area (Å²) in [6, 6.07) is 1.72. The van der Waals surface area contributed by atoms with Crippen LogP contribution in [-0.4, -0.2) is 16.6 Å². The predicted octanol–water partition coefficient (Wildman–Crippen LogP) is 3.85. The summed E-state index contributed by atoms with van der Waals surface area (Å²) < 4.78 is 7.67. The van der Waals surface area contributed by atoms with Gasteiger partial charge >= 0.3 is 5.97 Å². The molecule has 0 saturated heterocycles. The normalized spacial score (nSPS) is 24.8. The molecule has 1 fully saturated rings. The number of nitrogens with zero attached hydrogens (tertiary/aromatic N) is 1. The van der Waals surface area contributed by atoms with Gasteiger partial charge in [-0.3, -0.25) is 0 Å². The summed E-state index contributed by atoms with van der Waals surface area (Å²) in [5, 5.41) is 0. The van der Waals surface area contributed by atoms with Gasteiger partial charge in [0.05, 0.1) is 5.69 Å². The Bertz CT molecular complexity index is 505. The first kappa shape index (κ1) is 15.9. The maximum absolute atomic E-state index is 12.4. The number of ether oxygens (including phenoxy) is 1. The lowest BCUT2D eigenvalue weighted by atomic mass is 9.71. The molecule has 4 heteroatoms. The first-order valence-corrected chi connectivity index (χ1v) is 7.97. The number of aromatic nitrogens is 1. The molecule has 1 heterocycles. The fourth-order valence-corrected chi connectivity index (χ4v) is 3.69. The van der Waals surface area contributed by atoms with Gasteiger partial charge in [-0.2, -0.15) is 0 Å². The predicted molar refractivity (Wildman–Crippen MR) is 85.1 cm³/mol. The van der Waals surface area contributed by atoms with Crippen LogP contribution in [-0.2, 0) is 11.3 Å². The summed E-state index contributed by atoms with van der Waals surface area (Å²) in [5.74, 6) is 0.356. The molecule has 1 aromatic heterocycles. The quantitative estimate of drug-likeness (QED) is 0.857. The van der Waals surface area contributed by atoms with Gasteiger partial charge in [-0.15, -0.1) is 0 Å². The monoisotopic (exact) mass is 292 g/mol. The summed E-state index contributed by atoms with van der Waals surface area (Å²) in [6.07, 6.45) is 5.88. The summed E-state index contributed by atoms with van der Waals surface area (Å²) in [4.78, 5) is 12.4. The molecule has 1 aromatic rings. The highest BCUT2D eigenvalue weighted by molar-refractivity contribution is 5.89. The highest BCUT2D eigenvalue weighted by atomic mass is 16.5. The molecule has 0 bridgehead atoms. The van der Waals surface area contributed by atoms with E-state index in [1.807, 2.05) is 10.8 Å². The van der Waals surface area contributed by atoms with Crippen molar-refractivity contribution in [3.05, 3.63) is 18.0 Å². The fraction of sp³-hybridized carbons (Fsp3) is 0.706. The average Bonchev–Trinajstić information content (AvgIpc) is 2.68. The molecule has 2 N–H and O–H groups in total. The highest BCUT2D eigenvalue weighted by Gasteiger charge is 2.34. The summed E-state index contributed by atoms with van der Waals surface area (Å²) in [7, 11) is 0. The average molecular weight is 292 g/mol. The Morgan fingerprint density at radius 2 is 2.19 bits per heavy atom. The van der Waals surface area contributed by atoms with Crippen LogP contribution in [0.4, 0.5) is 5.69 Å². The van der Waals surface area contributed by atoms with E-state index in [9.17, 15) is 4.79 Å². The lowest BCUT2D eigenvalue weighted by Gasteiger charge is -2.38. The standard InChI is InChI=1S/C17H28N2O2/c1-5-6-19-11-13(18)8-15(19)16(20)21-14-7-12(2)9-17(3,4)10-14/h8,11-12,14H,5-7,9-10,18H2,1-4H3. The number of nitrogens with two attached hydrogens (primary N) is 1. The Morgan fingerprint density at radius 3 is 2.81 bits per heavy atom. The molecule has 118 valence electrons. The third kappa shape index (κ3) is 4.02. The van der Waals surface area contributed by atoms with Crippen LogP contribution in [0.3, 0.4) is 0 Å². The Labute approximate surface area is 127 Å². The molecule has 2 rings (SSSR count). The van der Waals surface area contributed by atoms with Crippen LogP contribution in [0.2, 0.25) is 0 Å². The molecule has 21 heavy (non-hydrogen) atoms. The molecule has 1 aliphatic rings. The number of esters is 1. The SMILES string of the molecule is CCCn1cc(N)cc1C(=O)OC1CC(C)CC(C)(C)C1. The fourth-order valence-electron chi connectivity index (χ4n) is 3.69. The number of hydrogen-bond acceptors (Lipinski definition) is 3. The maximum Gasteiger partial charge on any atom is 0.355 e. The van der Waals surface area contributed by atoms with Gasteiger partial charge in [0.1, 0.15) is 11.8 Å². The molecular weight excluding hydrogens is 264 g/mol. The van der Waals surface area contributed by atoms with Gasteiger partial charge in [0.2, 0.25) is 0 Å². The van der Waals surface area contributed by atoms with Crippen LogP contribution >= 0.6 is 0 Å². The Hall–Kier alpha value is -1.45. The third-order valence-corrected chi connectivity index (χ3v) is 4.21. The van der Waals surface area contributed by atoms with Gasteiger partial charge < -0.3 is 15.0 Å². The molecule has 2 unspecified atom stereocenters. The molecule has 4 nitrogen and oxygen atoms in total. The van der Waals surface area contributed by atoms with E-state index in [0.29, 0.717) is 17.3 Å². The van der Waals surface area contributed by atoms with E-state index in [2.05, 4.69) is 27.7 Å². The molecular formula is C17H28N2O2. The first-order chi connectivity index (χ1) is 9.80. The zero-order chi connectivity index (χ0) is 15.6. The van der Waals surface area contributed by atoms with Crippen molar-refractivity contribution in [3.8, 4) is 0 Å².